The van der Waals surface area contributed by atoms with Gasteiger partial charge in [0, 0.05) is 58.2 Å². The number of amides is 1. The molecule has 1 aromatic rings. The topological polar surface area (TPSA) is 66.4 Å². The zero-order chi connectivity index (χ0) is 22.3. The van der Waals surface area contributed by atoms with Crippen molar-refractivity contribution in [3.05, 3.63) is 35.4 Å². The predicted octanol–water partition coefficient (Wildman–Crippen LogP) is 2.61. The molecule has 0 saturated carbocycles. The summed E-state index contributed by atoms with van der Waals surface area (Å²) < 4.78 is 11.6. The number of likely N-dealkylation sites (tertiary alicyclic amines) is 1. The van der Waals surface area contributed by atoms with Crippen LogP contribution in [0.4, 0.5) is 0 Å². The zero-order valence-electron chi connectivity index (χ0n) is 19.6. The molecule has 0 bridgehead atoms. The van der Waals surface area contributed by atoms with Crippen LogP contribution in [-0.4, -0.2) is 81.3 Å². The Morgan fingerprint density at radius 2 is 1.75 bits per heavy atom. The van der Waals surface area contributed by atoms with Gasteiger partial charge in [-0.15, -0.1) is 0 Å². The summed E-state index contributed by atoms with van der Waals surface area (Å²) in [6.07, 6.45) is 4.15. The lowest BCUT2D eigenvalue weighted by atomic mass is 9.89. The number of morpholine rings is 1. The largest absolute Gasteiger partial charge is 0.378 e. The Balaban J connectivity index is 1.29. The van der Waals surface area contributed by atoms with Gasteiger partial charge in [0.1, 0.15) is 0 Å². The molecule has 3 fully saturated rings. The third-order valence-corrected chi connectivity index (χ3v) is 7.05. The fraction of sp³-hybridized carbons (Fsp3) is 0.680. The number of carbonyl (C=O) groups is 1. The van der Waals surface area contributed by atoms with Crippen molar-refractivity contribution in [1.82, 2.24) is 15.1 Å². The van der Waals surface area contributed by atoms with E-state index in [1.54, 1.807) is 0 Å². The van der Waals surface area contributed by atoms with E-state index in [4.69, 9.17) is 9.47 Å². The number of guanidine groups is 1. The number of carbonyl (C=O) groups excluding carboxylic acids is 1. The molecular formula is C25H38N4O3. The van der Waals surface area contributed by atoms with Gasteiger partial charge in [0.05, 0.1) is 19.3 Å². The number of piperidine rings is 1. The molecule has 1 amide bonds. The lowest BCUT2D eigenvalue weighted by molar-refractivity contribution is -0.140. The van der Waals surface area contributed by atoms with Crippen LogP contribution in [0.1, 0.15) is 42.9 Å². The number of benzene rings is 1. The lowest BCUT2D eigenvalue weighted by Gasteiger charge is -2.38. The summed E-state index contributed by atoms with van der Waals surface area (Å²) in [5, 5.41) is 3.61. The molecule has 0 radical (unpaired) electrons. The van der Waals surface area contributed by atoms with Gasteiger partial charge in [-0.25, -0.2) is 0 Å². The first kappa shape index (κ1) is 23.1. The first-order valence-electron chi connectivity index (χ1n) is 12.2. The molecule has 3 aliphatic rings. The van der Waals surface area contributed by atoms with Crippen molar-refractivity contribution < 1.29 is 14.3 Å². The molecule has 4 rings (SSSR count). The maximum atomic E-state index is 12.8. The van der Waals surface area contributed by atoms with E-state index in [0.717, 1.165) is 71.0 Å². The molecule has 3 heterocycles. The second-order valence-corrected chi connectivity index (χ2v) is 9.23. The van der Waals surface area contributed by atoms with Gasteiger partial charge >= 0.3 is 0 Å². The van der Waals surface area contributed by atoms with E-state index in [-0.39, 0.29) is 12.0 Å². The molecule has 7 heteroatoms. The van der Waals surface area contributed by atoms with Gasteiger partial charge in [-0.05, 0) is 38.2 Å². The summed E-state index contributed by atoms with van der Waals surface area (Å²) in [7, 11) is 1.85. The minimum atomic E-state index is 0.125. The Morgan fingerprint density at radius 1 is 1.03 bits per heavy atom. The Hall–Kier alpha value is -2.12. The first-order valence-corrected chi connectivity index (χ1v) is 12.2. The van der Waals surface area contributed by atoms with Gasteiger partial charge in [0.15, 0.2) is 5.96 Å². The molecule has 7 nitrogen and oxygen atoms in total. The first-order chi connectivity index (χ1) is 15.7. The molecule has 1 N–H and O–H groups in total. The van der Waals surface area contributed by atoms with Gasteiger partial charge in [0.25, 0.3) is 0 Å². The summed E-state index contributed by atoms with van der Waals surface area (Å²) >= 11 is 0. The number of hydrogen-bond acceptors (Lipinski definition) is 4. The van der Waals surface area contributed by atoms with Crippen LogP contribution in [0.15, 0.2) is 29.3 Å². The fourth-order valence-corrected chi connectivity index (χ4v) is 5.11. The molecule has 1 aromatic carbocycles. The van der Waals surface area contributed by atoms with E-state index in [2.05, 4.69) is 46.4 Å². The molecule has 0 aliphatic carbocycles. The number of ether oxygens (including phenoxy) is 2. The zero-order valence-corrected chi connectivity index (χ0v) is 19.6. The van der Waals surface area contributed by atoms with Crippen molar-refractivity contribution in [3.8, 4) is 0 Å². The van der Waals surface area contributed by atoms with Gasteiger partial charge in [-0.1, -0.05) is 29.8 Å². The van der Waals surface area contributed by atoms with Crippen LogP contribution < -0.4 is 5.32 Å². The smallest absolute Gasteiger partial charge is 0.225 e. The number of nitrogens with one attached hydrogen (secondary N) is 1. The molecule has 3 aliphatic heterocycles. The maximum Gasteiger partial charge on any atom is 0.225 e. The summed E-state index contributed by atoms with van der Waals surface area (Å²) in [4.78, 5) is 21.6. The lowest BCUT2D eigenvalue weighted by Crippen LogP contribution is -2.50. The minimum absolute atomic E-state index is 0.125. The average Bonchev–Trinajstić information content (AvgIpc) is 2.86. The Labute approximate surface area is 192 Å². The molecule has 0 aromatic heterocycles. The van der Waals surface area contributed by atoms with E-state index in [9.17, 15) is 4.79 Å². The van der Waals surface area contributed by atoms with E-state index in [0.29, 0.717) is 25.0 Å². The average molecular weight is 443 g/mol. The monoisotopic (exact) mass is 442 g/mol. The molecule has 0 spiro atoms. The maximum absolute atomic E-state index is 12.8. The number of rotatable bonds is 4. The second-order valence-electron chi connectivity index (χ2n) is 9.23. The molecule has 2 atom stereocenters. The highest BCUT2D eigenvalue weighted by Gasteiger charge is 2.31. The van der Waals surface area contributed by atoms with Gasteiger partial charge < -0.3 is 24.6 Å². The normalized spacial score (nSPS) is 25.6. The highest BCUT2D eigenvalue weighted by molar-refractivity contribution is 5.81. The number of aryl methyl sites for hydroxylation is 1. The molecule has 2 unspecified atom stereocenters. The quantitative estimate of drug-likeness (QED) is 0.574. The van der Waals surface area contributed by atoms with E-state index < -0.39 is 0 Å². The molecule has 3 saturated heterocycles. The summed E-state index contributed by atoms with van der Waals surface area (Å²) in [6, 6.07) is 8.73. The van der Waals surface area contributed by atoms with Crippen molar-refractivity contribution in [2.24, 2.45) is 16.8 Å². The van der Waals surface area contributed by atoms with Crippen LogP contribution in [0.2, 0.25) is 0 Å². The number of aliphatic imine (C=N–C) groups is 1. The van der Waals surface area contributed by atoms with Crippen LogP contribution in [-0.2, 0) is 14.3 Å². The van der Waals surface area contributed by atoms with Crippen LogP contribution in [0.5, 0.6) is 0 Å². The van der Waals surface area contributed by atoms with Crippen LogP contribution in [0, 0.1) is 18.8 Å². The number of hydrogen-bond donors (Lipinski definition) is 1. The summed E-state index contributed by atoms with van der Waals surface area (Å²) in [6.45, 7) is 8.30. The van der Waals surface area contributed by atoms with Crippen LogP contribution >= 0.6 is 0 Å². The third-order valence-electron chi connectivity index (χ3n) is 7.05. The Morgan fingerprint density at radius 3 is 2.44 bits per heavy atom. The minimum Gasteiger partial charge on any atom is -0.378 e. The summed E-state index contributed by atoms with van der Waals surface area (Å²) in [5.74, 6) is 1.79. The fourth-order valence-electron chi connectivity index (χ4n) is 5.11. The third kappa shape index (κ3) is 5.62. The van der Waals surface area contributed by atoms with Gasteiger partial charge in [-0.2, -0.15) is 0 Å². The molecular weight excluding hydrogens is 404 g/mol. The predicted molar refractivity (Wildman–Crippen MR) is 126 cm³/mol. The Bertz CT molecular complexity index is 768. The van der Waals surface area contributed by atoms with Crippen molar-refractivity contribution >= 4 is 11.9 Å². The van der Waals surface area contributed by atoms with Crippen molar-refractivity contribution in [2.75, 3.05) is 59.6 Å². The molecule has 176 valence electrons. The van der Waals surface area contributed by atoms with Crippen molar-refractivity contribution in [2.45, 2.75) is 38.7 Å². The number of nitrogens with zero attached hydrogens (tertiary/aromatic N) is 3. The SMILES string of the molecule is CN=C(NCC1CCCOC1c1ccc(C)cc1)N1CCC(C(=O)N2CCOCC2)CC1. The van der Waals surface area contributed by atoms with Crippen LogP contribution in [0.25, 0.3) is 0 Å². The van der Waals surface area contributed by atoms with E-state index in [1.807, 2.05) is 11.9 Å². The standard InChI is InChI=1S/C25H38N4O3/c1-19-5-7-20(8-6-19)23-22(4-3-15-32-23)18-27-25(26-2)29-11-9-21(10-12-29)24(30)28-13-16-31-17-14-28/h5-8,21-23H,3-4,9-18H2,1-2H3,(H,26,27). The Kier molecular flexibility index (Phi) is 8.03. The van der Waals surface area contributed by atoms with Crippen LogP contribution in [0.3, 0.4) is 0 Å². The van der Waals surface area contributed by atoms with Gasteiger partial charge in [0.2, 0.25) is 5.91 Å². The van der Waals surface area contributed by atoms with Crippen molar-refractivity contribution in [1.29, 1.82) is 0 Å². The molecule has 32 heavy (non-hydrogen) atoms. The summed E-state index contributed by atoms with van der Waals surface area (Å²) in [5.41, 5.74) is 2.54. The highest BCUT2D eigenvalue weighted by Crippen LogP contribution is 2.33. The van der Waals surface area contributed by atoms with Gasteiger partial charge in [-0.3, -0.25) is 9.79 Å². The van der Waals surface area contributed by atoms with E-state index in [1.165, 1.54) is 11.1 Å². The van der Waals surface area contributed by atoms with E-state index >= 15 is 0 Å². The second kappa shape index (κ2) is 11.1. The highest BCUT2D eigenvalue weighted by atomic mass is 16.5. The van der Waals surface area contributed by atoms with Crippen molar-refractivity contribution in [3.63, 3.8) is 0 Å².